The van der Waals surface area contributed by atoms with Crippen LogP contribution in [-0.4, -0.2) is 41.4 Å². The minimum atomic E-state index is 0.418. The molecule has 2 aromatic heterocycles. The monoisotopic (exact) mass is 288 g/mol. The highest BCUT2D eigenvalue weighted by Gasteiger charge is 2.25. The van der Waals surface area contributed by atoms with Crippen LogP contribution in [-0.2, 0) is 4.74 Å². The standard InChI is InChI=1S/C16H24N4O/c1-11(2)14-8-16(19-6-5-13(9-19)10-21-4)20-15(17-14)7-12(3)18-20/h7-8,11,13H,5-6,9-10H2,1-4H3/t13-/m0/s1. The summed E-state index contributed by atoms with van der Waals surface area (Å²) in [6.45, 7) is 9.31. The molecule has 0 unspecified atom stereocenters. The molecule has 1 aliphatic heterocycles. The molecule has 114 valence electrons. The third-order valence-electron chi connectivity index (χ3n) is 4.15. The van der Waals surface area contributed by atoms with Crippen LogP contribution >= 0.6 is 0 Å². The maximum atomic E-state index is 5.30. The van der Waals surface area contributed by atoms with E-state index in [4.69, 9.17) is 9.72 Å². The van der Waals surface area contributed by atoms with Crippen molar-refractivity contribution in [3.8, 4) is 0 Å². The third kappa shape index (κ3) is 2.75. The fourth-order valence-corrected chi connectivity index (χ4v) is 3.03. The van der Waals surface area contributed by atoms with Gasteiger partial charge in [-0.3, -0.25) is 0 Å². The average Bonchev–Trinajstić information content (AvgIpc) is 3.03. The Bertz CT molecular complexity index is 634. The van der Waals surface area contributed by atoms with E-state index >= 15 is 0 Å². The zero-order chi connectivity index (χ0) is 15.0. The summed E-state index contributed by atoms with van der Waals surface area (Å²) in [6.07, 6.45) is 1.18. The van der Waals surface area contributed by atoms with Gasteiger partial charge in [-0.05, 0) is 19.3 Å². The van der Waals surface area contributed by atoms with Crippen molar-refractivity contribution in [2.75, 3.05) is 31.7 Å². The number of rotatable bonds is 4. The number of ether oxygens (including phenoxy) is 1. The van der Waals surface area contributed by atoms with E-state index in [0.29, 0.717) is 11.8 Å². The lowest BCUT2D eigenvalue weighted by Gasteiger charge is -2.21. The Hall–Kier alpha value is -1.62. The van der Waals surface area contributed by atoms with E-state index in [1.54, 1.807) is 7.11 Å². The van der Waals surface area contributed by atoms with Crippen molar-refractivity contribution in [3.05, 3.63) is 23.5 Å². The first-order valence-electron chi connectivity index (χ1n) is 7.69. The second-order valence-corrected chi connectivity index (χ2v) is 6.31. The Labute approximate surface area is 125 Å². The van der Waals surface area contributed by atoms with Crippen LogP contribution in [0.4, 0.5) is 5.82 Å². The van der Waals surface area contributed by atoms with Gasteiger partial charge >= 0.3 is 0 Å². The van der Waals surface area contributed by atoms with Gasteiger partial charge in [0, 0.05) is 43.9 Å². The Kier molecular flexibility index (Phi) is 3.85. The van der Waals surface area contributed by atoms with E-state index in [-0.39, 0.29) is 0 Å². The summed E-state index contributed by atoms with van der Waals surface area (Å²) in [4.78, 5) is 7.15. The summed E-state index contributed by atoms with van der Waals surface area (Å²) in [7, 11) is 1.78. The highest BCUT2D eigenvalue weighted by atomic mass is 16.5. The second kappa shape index (κ2) is 5.64. The van der Waals surface area contributed by atoms with E-state index in [1.165, 1.54) is 6.42 Å². The van der Waals surface area contributed by atoms with E-state index < -0.39 is 0 Å². The Morgan fingerprint density at radius 3 is 2.90 bits per heavy atom. The second-order valence-electron chi connectivity index (χ2n) is 6.31. The molecule has 0 aliphatic carbocycles. The van der Waals surface area contributed by atoms with Crippen molar-refractivity contribution < 1.29 is 4.74 Å². The van der Waals surface area contributed by atoms with Gasteiger partial charge in [0.25, 0.3) is 0 Å². The normalized spacial score (nSPS) is 19.1. The third-order valence-corrected chi connectivity index (χ3v) is 4.15. The lowest BCUT2D eigenvalue weighted by molar-refractivity contribution is 0.161. The molecule has 0 radical (unpaired) electrons. The number of aromatic nitrogens is 3. The quantitative estimate of drug-likeness (QED) is 0.867. The summed E-state index contributed by atoms with van der Waals surface area (Å²) in [5.74, 6) is 2.19. The van der Waals surface area contributed by atoms with E-state index in [9.17, 15) is 0 Å². The van der Waals surface area contributed by atoms with E-state index in [1.807, 2.05) is 11.4 Å². The molecule has 21 heavy (non-hydrogen) atoms. The molecule has 5 heteroatoms. The molecule has 0 aromatic carbocycles. The van der Waals surface area contributed by atoms with Crippen molar-refractivity contribution in [3.63, 3.8) is 0 Å². The molecular formula is C16H24N4O. The Morgan fingerprint density at radius 1 is 1.38 bits per heavy atom. The maximum absolute atomic E-state index is 5.30. The minimum absolute atomic E-state index is 0.418. The molecule has 0 spiro atoms. The van der Waals surface area contributed by atoms with Crippen molar-refractivity contribution in [1.29, 1.82) is 0 Å². The summed E-state index contributed by atoms with van der Waals surface area (Å²) in [5.41, 5.74) is 3.09. The van der Waals surface area contributed by atoms with Crippen LogP contribution in [0.3, 0.4) is 0 Å². The predicted octanol–water partition coefficient (Wildman–Crippen LogP) is 2.63. The van der Waals surface area contributed by atoms with Gasteiger partial charge in [-0.1, -0.05) is 13.8 Å². The van der Waals surface area contributed by atoms with Crippen LogP contribution in [0.1, 0.15) is 37.6 Å². The maximum Gasteiger partial charge on any atom is 0.157 e. The Morgan fingerprint density at radius 2 is 2.19 bits per heavy atom. The first kappa shape index (κ1) is 14.3. The summed E-state index contributed by atoms with van der Waals surface area (Å²) < 4.78 is 7.28. The van der Waals surface area contributed by atoms with Crippen molar-refractivity contribution >= 4 is 11.5 Å². The minimum Gasteiger partial charge on any atom is -0.384 e. The zero-order valence-corrected chi connectivity index (χ0v) is 13.3. The van der Waals surface area contributed by atoms with E-state index in [0.717, 1.165) is 42.5 Å². The molecule has 0 amide bonds. The largest absolute Gasteiger partial charge is 0.384 e. The molecule has 1 aliphatic rings. The van der Waals surface area contributed by atoms with Crippen molar-refractivity contribution in [1.82, 2.24) is 14.6 Å². The molecule has 3 heterocycles. The fourth-order valence-electron chi connectivity index (χ4n) is 3.03. The number of anilines is 1. The molecule has 1 saturated heterocycles. The molecule has 3 rings (SSSR count). The molecule has 2 aromatic rings. The highest BCUT2D eigenvalue weighted by Crippen LogP contribution is 2.27. The lowest BCUT2D eigenvalue weighted by Crippen LogP contribution is -2.24. The van der Waals surface area contributed by atoms with Crippen LogP contribution < -0.4 is 4.90 Å². The molecule has 1 atom stereocenters. The molecule has 0 bridgehead atoms. The topological polar surface area (TPSA) is 42.7 Å². The number of nitrogens with zero attached hydrogens (tertiary/aromatic N) is 4. The first-order chi connectivity index (χ1) is 10.1. The molecule has 0 saturated carbocycles. The summed E-state index contributed by atoms with van der Waals surface area (Å²) in [6, 6.07) is 4.25. The molecule has 0 N–H and O–H groups in total. The van der Waals surface area contributed by atoms with Gasteiger partial charge in [-0.15, -0.1) is 0 Å². The van der Waals surface area contributed by atoms with Crippen molar-refractivity contribution in [2.45, 2.75) is 33.1 Å². The SMILES string of the molecule is COC[C@H]1CCN(c2cc(C(C)C)nc3cc(C)nn23)C1. The zero-order valence-electron chi connectivity index (χ0n) is 13.3. The van der Waals surface area contributed by atoms with Gasteiger partial charge in [-0.25, -0.2) is 4.98 Å². The van der Waals surface area contributed by atoms with Crippen LogP contribution in [0, 0.1) is 12.8 Å². The van der Waals surface area contributed by atoms with Gasteiger partial charge in [0.05, 0.1) is 12.3 Å². The van der Waals surface area contributed by atoms with Crippen LogP contribution in [0.25, 0.3) is 5.65 Å². The summed E-state index contributed by atoms with van der Waals surface area (Å²) in [5, 5.41) is 4.61. The molecule has 1 fully saturated rings. The number of hydrogen-bond acceptors (Lipinski definition) is 4. The van der Waals surface area contributed by atoms with Crippen LogP contribution in [0.5, 0.6) is 0 Å². The number of fused-ring (bicyclic) bond motifs is 1. The average molecular weight is 288 g/mol. The molecule has 5 nitrogen and oxygen atoms in total. The van der Waals surface area contributed by atoms with Gasteiger partial charge in [0.2, 0.25) is 0 Å². The lowest BCUT2D eigenvalue weighted by atomic mass is 10.1. The Balaban J connectivity index is 2.00. The van der Waals surface area contributed by atoms with Gasteiger partial charge < -0.3 is 9.64 Å². The number of aryl methyl sites for hydroxylation is 1. The first-order valence-corrected chi connectivity index (χ1v) is 7.69. The van der Waals surface area contributed by atoms with Crippen LogP contribution in [0.15, 0.2) is 12.1 Å². The number of hydrogen-bond donors (Lipinski definition) is 0. The fraction of sp³-hybridized carbons (Fsp3) is 0.625. The number of methoxy groups -OCH3 is 1. The van der Waals surface area contributed by atoms with Gasteiger partial charge in [0.1, 0.15) is 5.82 Å². The molecular weight excluding hydrogens is 264 g/mol. The van der Waals surface area contributed by atoms with Crippen molar-refractivity contribution in [2.24, 2.45) is 5.92 Å². The highest BCUT2D eigenvalue weighted by molar-refractivity contribution is 5.53. The predicted molar refractivity (Wildman–Crippen MR) is 84.0 cm³/mol. The van der Waals surface area contributed by atoms with Crippen LogP contribution in [0.2, 0.25) is 0 Å². The smallest absolute Gasteiger partial charge is 0.157 e. The van der Waals surface area contributed by atoms with Gasteiger partial charge in [0.15, 0.2) is 5.65 Å². The van der Waals surface area contributed by atoms with E-state index in [2.05, 4.69) is 36.0 Å². The summed E-state index contributed by atoms with van der Waals surface area (Å²) >= 11 is 0. The van der Waals surface area contributed by atoms with Gasteiger partial charge in [-0.2, -0.15) is 9.61 Å².